The summed E-state index contributed by atoms with van der Waals surface area (Å²) in [5, 5.41) is 11.5. The zero-order valence-corrected chi connectivity index (χ0v) is 15.9. The molecule has 5 nitrogen and oxygen atoms in total. The molecule has 0 unspecified atom stereocenters. The van der Waals surface area contributed by atoms with Gasteiger partial charge in [0.05, 0.1) is 17.3 Å². The van der Waals surface area contributed by atoms with Crippen molar-refractivity contribution in [2.24, 2.45) is 0 Å². The zero-order chi connectivity index (χ0) is 16.8. The van der Waals surface area contributed by atoms with E-state index in [1.54, 1.807) is 7.11 Å². The van der Waals surface area contributed by atoms with Gasteiger partial charge in [0.25, 0.3) is 0 Å². The van der Waals surface area contributed by atoms with Crippen molar-refractivity contribution in [3.05, 3.63) is 40.1 Å². The molecule has 1 aromatic carbocycles. The predicted molar refractivity (Wildman–Crippen MR) is 101 cm³/mol. The average Bonchev–Trinajstić information content (AvgIpc) is 2.79. The zero-order valence-electron chi connectivity index (χ0n) is 13.5. The van der Waals surface area contributed by atoms with Gasteiger partial charge in [-0.25, -0.2) is 0 Å². The van der Waals surface area contributed by atoms with Crippen LogP contribution in [0.2, 0.25) is 0 Å². The van der Waals surface area contributed by atoms with Crippen molar-refractivity contribution in [2.45, 2.75) is 26.8 Å². The maximum Gasteiger partial charge on any atom is 0.170 e. The fourth-order valence-electron chi connectivity index (χ4n) is 2.17. The Morgan fingerprint density at radius 2 is 2.00 bits per heavy atom. The summed E-state index contributed by atoms with van der Waals surface area (Å²) in [5.41, 5.74) is 3.11. The highest BCUT2D eigenvalue weighted by molar-refractivity contribution is 9.10. The molecule has 0 amide bonds. The minimum absolute atomic E-state index is 0.615. The fraction of sp³-hybridized carbons (Fsp3) is 0.375. The predicted octanol–water partition coefficient (Wildman–Crippen LogP) is 3.65. The maximum atomic E-state index is 5.29. The first-order chi connectivity index (χ1) is 11.0. The number of benzene rings is 1. The van der Waals surface area contributed by atoms with Crippen LogP contribution in [-0.2, 0) is 6.54 Å². The fourth-order valence-corrected chi connectivity index (χ4v) is 2.68. The van der Waals surface area contributed by atoms with Crippen molar-refractivity contribution in [1.82, 2.24) is 15.1 Å². The molecule has 2 rings (SSSR count). The Morgan fingerprint density at radius 1 is 1.30 bits per heavy atom. The molecule has 0 atom stereocenters. The molecule has 0 aliphatic heterocycles. The molecule has 7 heteroatoms. The van der Waals surface area contributed by atoms with Crippen molar-refractivity contribution >= 4 is 38.9 Å². The Kier molecular flexibility index (Phi) is 6.41. The molecule has 0 aliphatic carbocycles. The second-order valence-electron chi connectivity index (χ2n) is 5.17. The Balaban J connectivity index is 1.73. The SMILES string of the molecule is COc1ccc(NC(=S)NCCCn2nc(C)c(Br)c2C)cc1. The molecule has 23 heavy (non-hydrogen) atoms. The summed E-state index contributed by atoms with van der Waals surface area (Å²) < 4.78 is 8.23. The molecule has 0 fully saturated rings. The van der Waals surface area contributed by atoms with Crippen LogP contribution in [-0.4, -0.2) is 28.5 Å². The van der Waals surface area contributed by atoms with E-state index in [-0.39, 0.29) is 0 Å². The molecule has 1 heterocycles. The number of hydrogen-bond acceptors (Lipinski definition) is 3. The van der Waals surface area contributed by atoms with Crippen LogP contribution in [0, 0.1) is 13.8 Å². The van der Waals surface area contributed by atoms with Gasteiger partial charge < -0.3 is 15.4 Å². The monoisotopic (exact) mass is 396 g/mol. The first-order valence-electron chi connectivity index (χ1n) is 7.39. The molecule has 124 valence electrons. The summed E-state index contributed by atoms with van der Waals surface area (Å²) in [7, 11) is 1.65. The number of hydrogen-bond donors (Lipinski definition) is 2. The van der Waals surface area contributed by atoms with E-state index in [9.17, 15) is 0 Å². The van der Waals surface area contributed by atoms with E-state index in [4.69, 9.17) is 17.0 Å². The number of nitrogens with one attached hydrogen (secondary N) is 2. The lowest BCUT2D eigenvalue weighted by molar-refractivity contribution is 0.415. The molecule has 0 saturated carbocycles. The normalized spacial score (nSPS) is 10.4. The molecule has 2 aromatic rings. The first kappa shape index (κ1) is 17.7. The molecule has 0 spiro atoms. The number of methoxy groups -OCH3 is 1. The standard InChI is InChI=1S/C16H21BrN4OS/c1-11-15(17)12(2)21(20-11)10-4-9-18-16(23)19-13-5-7-14(22-3)8-6-13/h5-8H,4,9-10H2,1-3H3,(H2,18,19,23). The molecule has 2 N–H and O–H groups in total. The second kappa shape index (κ2) is 8.31. The highest BCUT2D eigenvalue weighted by atomic mass is 79.9. The number of thiocarbonyl (C=S) groups is 1. The van der Waals surface area contributed by atoms with E-state index in [1.807, 2.05) is 35.9 Å². The number of aryl methyl sites for hydroxylation is 2. The number of halogens is 1. The Bertz CT molecular complexity index is 669. The lowest BCUT2D eigenvalue weighted by Crippen LogP contribution is -2.29. The van der Waals surface area contributed by atoms with E-state index in [1.165, 1.54) is 0 Å². The van der Waals surface area contributed by atoms with E-state index < -0.39 is 0 Å². The van der Waals surface area contributed by atoms with Gasteiger partial charge in [0.1, 0.15) is 5.75 Å². The van der Waals surface area contributed by atoms with Crippen LogP contribution in [0.15, 0.2) is 28.7 Å². The van der Waals surface area contributed by atoms with Crippen molar-refractivity contribution < 1.29 is 4.74 Å². The summed E-state index contributed by atoms with van der Waals surface area (Å²) in [4.78, 5) is 0. The summed E-state index contributed by atoms with van der Waals surface area (Å²) in [5.74, 6) is 0.825. The van der Waals surface area contributed by atoms with Crippen LogP contribution in [0.25, 0.3) is 0 Å². The number of rotatable bonds is 6. The molecule has 0 aliphatic rings. The van der Waals surface area contributed by atoms with Crippen LogP contribution >= 0.6 is 28.1 Å². The van der Waals surface area contributed by atoms with Crippen LogP contribution < -0.4 is 15.4 Å². The lowest BCUT2D eigenvalue weighted by Gasteiger charge is -2.11. The van der Waals surface area contributed by atoms with Gasteiger partial charge in [-0.3, -0.25) is 4.68 Å². The second-order valence-corrected chi connectivity index (χ2v) is 6.37. The number of anilines is 1. The van der Waals surface area contributed by atoms with Crippen LogP contribution in [0.1, 0.15) is 17.8 Å². The Hall–Kier alpha value is -1.60. The molecular weight excluding hydrogens is 376 g/mol. The Labute approximate surface area is 150 Å². The van der Waals surface area contributed by atoms with Gasteiger partial charge in [-0.2, -0.15) is 5.10 Å². The minimum atomic E-state index is 0.615. The largest absolute Gasteiger partial charge is 0.497 e. The van der Waals surface area contributed by atoms with Gasteiger partial charge in [0.2, 0.25) is 0 Å². The van der Waals surface area contributed by atoms with E-state index in [0.717, 1.165) is 46.8 Å². The summed E-state index contributed by atoms with van der Waals surface area (Å²) >= 11 is 8.84. The minimum Gasteiger partial charge on any atom is -0.497 e. The average molecular weight is 397 g/mol. The number of aromatic nitrogens is 2. The van der Waals surface area contributed by atoms with Crippen molar-refractivity contribution in [3.63, 3.8) is 0 Å². The van der Waals surface area contributed by atoms with E-state index in [2.05, 4.69) is 38.6 Å². The number of nitrogens with zero attached hydrogens (tertiary/aromatic N) is 2. The van der Waals surface area contributed by atoms with E-state index in [0.29, 0.717) is 5.11 Å². The summed E-state index contributed by atoms with van der Waals surface area (Å²) in [6, 6.07) is 7.65. The highest BCUT2D eigenvalue weighted by Crippen LogP contribution is 2.19. The van der Waals surface area contributed by atoms with Crippen LogP contribution in [0.3, 0.4) is 0 Å². The van der Waals surface area contributed by atoms with Gasteiger partial charge in [-0.15, -0.1) is 0 Å². The van der Waals surface area contributed by atoms with E-state index >= 15 is 0 Å². The smallest absolute Gasteiger partial charge is 0.170 e. The Morgan fingerprint density at radius 3 is 2.57 bits per heavy atom. The van der Waals surface area contributed by atoms with Gasteiger partial charge >= 0.3 is 0 Å². The molecule has 1 aromatic heterocycles. The highest BCUT2D eigenvalue weighted by Gasteiger charge is 2.07. The van der Waals surface area contributed by atoms with Crippen molar-refractivity contribution in [1.29, 1.82) is 0 Å². The first-order valence-corrected chi connectivity index (χ1v) is 8.60. The molecule has 0 bridgehead atoms. The van der Waals surface area contributed by atoms with Gasteiger partial charge in [-0.1, -0.05) is 0 Å². The van der Waals surface area contributed by atoms with Gasteiger partial charge in [0, 0.05) is 24.5 Å². The van der Waals surface area contributed by atoms with Crippen molar-refractivity contribution in [2.75, 3.05) is 19.0 Å². The summed E-state index contributed by atoms with van der Waals surface area (Å²) in [6.45, 7) is 5.71. The third kappa shape index (κ3) is 4.94. The van der Waals surface area contributed by atoms with Gasteiger partial charge in [0.15, 0.2) is 5.11 Å². The molecular formula is C16H21BrN4OS. The van der Waals surface area contributed by atoms with Gasteiger partial charge in [-0.05, 0) is 72.7 Å². The maximum absolute atomic E-state index is 5.29. The van der Waals surface area contributed by atoms with Crippen molar-refractivity contribution in [3.8, 4) is 5.75 Å². The topological polar surface area (TPSA) is 51.1 Å². The number of ether oxygens (including phenoxy) is 1. The molecule has 0 saturated heterocycles. The molecule has 0 radical (unpaired) electrons. The third-order valence-corrected chi connectivity index (χ3v) is 4.87. The third-order valence-electron chi connectivity index (χ3n) is 3.47. The van der Waals surface area contributed by atoms with Crippen LogP contribution in [0.4, 0.5) is 5.69 Å². The lowest BCUT2D eigenvalue weighted by atomic mass is 10.3. The summed E-state index contributed by atoms with van der Waals surface area (Å²) in [6.07, 6.45) is 0.943. The quantitative estimate of drug-likeness (QED) is 0.576. The van der Waals surface area contributed by atoms with Crippen LogP contribution in [0.5, 0.6) is 5.75 Å².